The number of nitrogens with two attached hydrogens (primary N) is 1. The minimum absolute atomic E-state index is 0.280. The second-order valence-corrected chi connectivity index (χ2v) is 5.73. The fourth-order valence-corrected chi connectivity index (χ4v) is 3.00. The van der Waals surface area contributed by atoms with E-state index in [2.05, 4.69) is 19.9 Å². The van der Waals surface area contributed by atoms with Crippen LogP contribution in [0.1, 0.15) is 36.8 Å². The topological polar surface area (TPSA) is 55.5 Å². The van der Waals surface area contributed by atoms with E-state index in [4.69, 9.17) is 10.5 Å². The number of ether oxygens (including phenoxy) is 1. The van der Waals surface area contributed by atoms with Crippen LogP contribution in [0, 0.1) is 19.8 Å². The molecular formula is C16H25NO2. The summed E-state index contributed by atoms with van der Waals surface area (Å²) in [4.78, 5) is 0. The van der Waals surface area contributed by atoms with Crippen LogP contribution in [-0.2, 0) is 0 Å². The zero-order valence-electron chi connectivity index (χ0n) is 12.0. The van der Waals surface area contributed by atoms with Crippen LogP contribution < -0.4 is 10.5 Å². The second kappa shape index (κ2) is 5.93. The van der Waals surface area contributed by atoms with Gasteiger partial charge in [-0.15, -0.1) is 0 Å². The van der Waals surface area contributed by atoms with E-state index >= 15 is 0 Å². The van der Waals surface area contributed by atoms with Crippen molar-refractivity contribution in [3.8, 4) is 5.75 Å². The Bertz CT molecular complexity index is 433. The lowest BCUT2D eigenvalue weighted by atomic mass is 9.88. The molecule has 0 radical (unpaired) electrons. The monoisotopic (exact) mass is 263 g/mol. The fourth-order valence-electron chi connectivity index (χ4n) is 3.00. The molecule has 2 unspecified atom stereocenters. The largest absolute Gasteiger partial charge is 0.493 e. The standard InChI is InChI=1S/C16H25NO2/c1-12-5-3-7-15(13(12)2)19-10-8-14-6-4-9-16(14,18)11-17/h3,5,7,14,18H,4,6,8-11,17H2,1-2H3. The number of hydrogen-bond acceptors (Lipinski definition) is 3. The highest BCUT2D eigenvalue weighted by atomic mass is 16.5. The Morgan fingerprint density at radius 2 is 2.21 bits per heavy atom. The highest BCUT2D eigenvalue weighted by Gasteiger charge is 2.39. The summed E-state index contributed by atoms with van der Waals surface area (Å²) in [5, 5.41) is 10.4. The van der Waals surface area contributed by atoms with Crippen LogP contribution in [0.15, 0.2) is 18.2 Å². The first-order valence-corrected chi connectivity index (χ1v) is 7.18. The van der Waals surface area contributed by atoms with Gasteiger partial charge in [0.2, 0.25) is 0 Å². The molecule has 1 aromatic rings. The summed E-state index contributed by atoms with van der Waals surface area (Å²) >= 11 is 0. The number of hydrogen-bond donors (Lipinski definition) is 2. The molecule has 3 N–H and O–H groups in total. The van der Waals surface area contributed by atoms with Gasteiger partial charge in [-0.25, -0.2) is 0 Å². The van der Waals surface area contributed by atoms with Gasteiger partial charge in [-0.2, -0.15) is 0 Å². The van der Waals surface area contributed by atoms with Crippen LogP contribution in [-0.4, -0.2) is 23.9 Å². The molecule has 0 aliphatic heterocycles. The summed E-state index contributed by atoms with van der Waals surface area (Å²) in [6.07, 6.45) is 3.84. The minimum Gasteiger partial charge on any atom is -0.493 e. The molecule has 0 bridgehead atoms. The molecule has 0 saturated heterocycles. The highest BCUT2D eigenvalue weighted by molar-refractivity contribution is 5.38. The molecule has 0 aromatic heterocycles. The first kappa shape index (κ1) is 14.4. The smallest absolute Gasteiger partial charge is 0.122 e. The van der Waals surface area contributed by atoms with Crippen LogP contribution in [0.4, 0.5) is 0 Å². The summed E-state index contributed by atoms with van der Waals surface area (Å²) in [7, 11) is 0. The molecule has 2 atom stereocenters. The van der Waals surface area contributed by atoms with Gasteiger partial charge in [0.15, 0.2) is 0 Å². The maximum Gasteiger partial charge on any atom is 0.122 e. The number of aryl methyl sites for hydroxylation is 1. The summed E-state index contributed by atoms with van der Waals surface area (Å²) in [6.45, 7) is 5.18. The van der Waals surface area contributed by atoms with E-state index < -0.39 is 5.60 Å². The van der Waals surface area contributed by atoms with Crippen LogP contribution in [0.3, 0.4) is 0 Å². The van der Waals surface area contributed by atoms with Crippen LogP contribution in [0.25, 0.3) is 0 Å². The van der Waals surface area contributed by atoms with E-state index in [-0.39, 0.29) is 5.92 Å². The van der Waals surface area contributed by atoms with Crippen molar-refractivity contribution in [3.63, 3.8) is 0 Å². The van der Waals surface area contributed by atoms with E-state index in [0.29, 0.717) is 13.2 Å². The lowest BCUT2D eigenvalue weighted by molar-refractivity contribution is 0.00352. The Morgan fingerprint density at radius 3 is 2.95 bits per heavy atom. The molecule has 0 spiro atoms. The lowest BCUT2D eigenvalue weighted by Crippen LogP contribution is -2.41. The van der Waals surface area contributed by atoms with E-state index in [1.54, 1.807) is 0 Å². The summed E-state index contributed by atoms with van der Waals surface area (Å²) < 4.78 is 5.87. The maximum absolute atomic E-state index is 10.4. The van der Waals surface area contributed by atoms with Crippen LogP contribution in [0.2, 0.25) is 0 Å². The Kier molecular flexibility index (Phi) is 4.48. The molecule has 106 valence electrons. The quantitative estimate of drug-likeness (QED) is 0.858. The van der Waals surface area contributed by atoms with Gasteiger partial charge < -0.3 is 15.6 Å². The minimum atomic E-state index is -0.662. The maximum atomic E-state index is 10.4. The van der Waals surface area contributed by atoms with E-state index in [9.17, 15) is 5.11 Å². The van der Waals surface area contributed by atoms with Gasteiger partial charge in [-0.05, 0) is 56.2 Å². The number of rotatable bonds is 5. The first-order valence-electron chi connectivity index (χ1n) is 7.18. The lowest BCUT2D eigenvalue weighted by Gasteiger charge is -2.28. The highest BCUT2D eigenvalue weighted by Crippen LogP contribution is 2.37. The molecule has 1 fully saturated rings. The van der Waals surface area contributed by atoms with Gasteiger partial charge in [0, 0.05) is 6.54 Å². The second-order valence-electron chi connectivity index (χ2n) is 5.73. The van der Waals surface area contributed by atoms with Gasteiger partial charge in [-0.3, -0.25) is 0 Å². The Morgan fingerprint density at radius 1 is 1.42 bits per heavy atom. The molecule has 1 aromatic carbocycles. The van der Waals surface area contributed by atoms with Crippen molar-refractivity contribution < 1.29 is 9.84 Å². The predicted molar refractivity (Wildman–Crippen MR) is 77.4 cm³/mol. The van der Waals surface area contributed by atoms with E-state index in [0.717, 1.165) is 31.4 Å². The zero-order chi connectivity index (χ0) is 13.9. The van der Waals surface area contributed by atoms with Gasteiger partial charge in [0.25, 0.3) is 0 Å². The SMILES string of the molecule is Cc1cccc(OCCC2CCCC2(O)CN)c1C. The first-order chi connectivity index (χ1) is 9.07. The average Bonchev–Trinajstić information content (AvgIpc) is 2.77. The van der Waals surface area contributed by atoms with Crippen LogP contribution >= 0.6 is 0 Å². The normalized spacial score (nSPS) is 26.6. The third-order valence-electron chi connectivity index (χ3n) is 4.55. The molecule has 0 heterocycles. The van der Waals surface area contributed by atoms with Crippen molar-refractivity contribution in [2.45, 2.75) is 45.1 Å². The zero-order valence-corrected chi connectivity index (χ0v) is 12.0. The Hall–Kier alpha value is -1.06. The van der Waals surface area contributed by atoms with Gasteiger partial charge in [0.05, 0.1) is 12.2 Å². The molecule has 3 heteroatoms. The number of aliphatic hydroxyl groups is 1. The summed E-state index contributed by atoms with van der Waals surface area (Å²) in [6, 6.07) is 6.11. The van der Waals surface area contributed by atoms with Crippen molar-refractivity contribution in [2.24, 2.45) is 11.7 Å². The third-order valence-corrected chi connectivity index (χ3v) is 4.55. The van der Waals surface area contributed by atoms with E-state index in [1.165, 1.54) is 11.1 Å². The summed E-state index contributed by atoms with van der Waals surface area (Å²) in [5.74, 6) is 1.23. The number of benzene rings is 1. The van der Waals surface area contributed by atoms with Crippen molar-refractivity contribution in [1.29, 1.82) is 0 Å². The molecule has 2 rings (SSSR count). The predicted octanol–water partition coefficient (Wildman–Crippen LogP) is 2.56. The van der Waals surface area contributed by atoms with Gasteiger partial charge in [0.1, 0.15) is 5.75 Å². The molecular weight excluding hydrogens is 238 g/mol. The van der Waals surface area contributed by atoms with Gasteiger partial charge in [-0.1, -0.05) is 18.6 Å². The van der Waals surface area contributed by atoms with Crippen molar-refractivity contribution in [2.75, 3.05) is 13.2 Å². The Labute approximate surface area is 115 Å². The van der Waals surface area contributed by atoms with Gasteiger partial charge >= 0.3 is 0 Å². The molecule has 1 aliphatic rings. The molecule has 0 amide bonds. The molecule has 1 aliphatic carbocycles. The van der Waals surface area contributed by atoms with Crippen molar-refractivity contribution in [3.05, 3.63) is 29.3 Å². The van der Waals surface area contributed by atoms with Crippen molar-refractivity contribution in [1.82, 2.24) is 0 Å². The third kappa shape index (κ3) is 3.10. The molecule has 1 saturated carbocycles. The fraction of sp³-hybridized carbons (Fsp3) is 0.625. The van der Waals surface area contributed by atoms with E-state index in [1.807, 2.05) is 12.1 Å². The van der Waals surface area contributed by atoms with Crippen LogP contribution in [0.5, 0.6) is 5.75 Å². The molecule has 3 nitrogen and oxygen atoms in total. The van der Waals surface area contributed by atoms with Crippen molar-refractivity contribution >= 4 is 0 Å². The Balaban J connectivity index is 1.88. The summed E-state index contributed by atoms with van der Waals surface area (Å²) in [5.41, 5.74) is 7.48. The average molecular weight is 263 g/mol. The molecule has 19 heavy (non-hydrogen) atoms.